The third-order valence-electron chi connectivity index (χ3n) is 4.25. The number of nitrogens with zero attached hydrogens (tertiary/aromatic N) is 2. The van der Waals surface area contributed by atoms with E-state index in [0.717, 1.165) is 38.3 Å². The largest absolute Gasteiger partial charge is 0.484 e. The van der Waals surface area contributed by atoms with E-state index in [1.54, 1.807) is 12.1 Å². The molecule has 1 saturated heterocycles. The summed E-state index contributed by atoms with van der Waals surface area (Å²) in [4.78, 5) is 27.5. The van der Waals surface area contributed by atoms with Gasteiger partial charge in [0.25, 0.3) is 5.91 Å². The molecular weight excluding hydrogens is 332 g/mol. The summed E-state index contributed by atoms with van der Waals surface area (Å²) >= 11 is 0. The Balaban J connectivity index is 1.66. The van der Waals surface area contributed by atoms with Gasteiger partial charge in [0.2, 0.25) is 5.91 Å². The van der Waals surface area contributed by atoms with Crippen LogP contribution in [0.5, 0.6) is 5.75 Å². The van der Waals surface area contributed by atoms with Crippen molar-refractivity contribution in [1.82, 2.24) is 15.1 Å². The van der Waals surface area contributed by atoms with Crippen molar-refractivity contribution >= 4 is 11.8 Å². The van der Waals surface area contributed by atoms with E-state index >= 15 is 0 Å². The Morgan fingerprint density at radius 2 is 1.73 bits per heavy atom. The number of benzene rings is 1. The molecule has 3 N–H and O–H groups in total. The van der Waals surface area contributed by atoms with Crippen molar-refractivity contribution in [3.63, 3.8) is 0 Å². The summed E-state index contributed by atoms with van der Waals surface area (Å²) < 4.78 is 5.21. The van der Waals surface area contributed by atoms with Gasteiger partial charge in [-0.2, -0.15) is 0 Å². The van der Waals surface area contributed by atoms with Crippen LogP contribution in [-0.4, -0.2) is 67.5 Å². The zero-order valence-electron chi connectivity index (χ0n) is 15.7. The Morgan fingerprint density at radius 1 is 1.12 bits per heavy atom. The van der Waals surface area contributed by atoms with Crippen LogP contribution in [0.2, 0.25) is 0 Å². The number of primary amides is 1. The van der Waals surface area contributed by atoms with Crippen LogP contribution in [0.15, 0.2) is 24.3 Å². The van der Waals surface area contributed by atoms with Gasteiger partial charge in [-0.3, -0.25) is 14.5 Å². The molecule has 0 saturated carbocycles. The number of nitrogens with one attached hydrogen (secondary N) is 1. The number of ether oxygens (including phenoxy) is 1. The standard InChI is InChI=1S/C19H30N4O3/c1-15(2)12-22-7-9-23(10-8-22)13-19(25)21-11-16-3-5-17(6-4-16)26-14-18(20)24/h3-6,15H,7-14H2,1-2H3,(H2,20,24)(H,21,25). The number of hydrogen-bond donors (Lipinski definition) is 2. The fourth-order valence-corrected chi connectivity index (χ4v) is 2.96. The molecule has 0 radical (unpaired) electrons. The average molecular weight is 362 g/mol. The molecule has 144 valence electrons. The van der Waals surface area contributed by atoms with E-state index < -0.39 is 5.91 Å². The molecule has 0 spiro atoms. The molecule has 7 nitrogen and oxygen atoms in total. The molecule has 0 unspecified atom stereocenters. The number of piperazine rings is 1. The Morgan fingerprint density at radius 3 is 2.31 bits per heavy atom. The highest BCUT2D eigenvalue weighted by atomic mass is 16.5. The van der Waals surface area contributed by atoms with Crippen LogP contribution in [0, 0.1) is 5.92 Å². The molecule has 7 heteroatoms. The molecule has 1 heterocycles. The van der Waals surface area contributed by atoms with Crippen LogP contribution < -0.4 is 15.8 Å². The lowest BCUT2D eigenvalue weighted by atomic mass is 10.2. The maximum atomic E-state index is 12.1. The Bertz CT molecular complexity index is 581. The van der Waals surface area contributed by atoms with Crippen molar-refractivity contribution in [3.8, 4) is 5.75 Å². The van der Waals surface area contributed by atoms with Crippen molar-refractivity contribution < 1.29 is 14.3 Å². The predicted octanol–water partition coefficient (Wildman–Crippen LogP) is 0.441. The van der Waals surface area contributed by atoms with E-state index in [-0.39, 0.29) is 12.5 Å². The minimum Gasteiger partial charge on any atom is -0.484 e. The Labute approximate surface area is 155 Å². The van der Waals surface area contributed by atoms with Crippen molar-refractivity contribution in [2.24, 2.45) is 11.7 Å². The quantitative estimate of drug-likeness (QED) is 0.666. The maximum absolute atomic E-state index is 12.1. The molecule has 1 aromatic carbocycles. The molecule has 2 rings (SSSR count). The van der Waals surface area contributed by atoms with Crippen LogP contribution in [0.4, 0.5) is 0 Å². The molecule has 0 bridgehead atoms. The number of amides is 2. The van der Waals surface area contributed by atoms with Gasteiger partial charge < -0.3 is 20.7 Å². The highest BCUT2D eigenvalue weighted by molar-refractivity contribution is 5.78. The zero-order valence-corrected chi connectivity index (χ0v) is 15.7. The first-order valence-electron chi connectivity index (χ1n) is 9.14. The Kier molecular flexibility index (Phi) is 7.87. The lowest BCUT2D eigenvalue weighted by Gasteiger charge is -2.35. The van der Waals surface area contributed by atoms with Gasteiger partial charge in [-0.1, -0.05) is 26.0 Å². The molecule has 1 aliphatic heterocycles. The van der Waals surface area contributed by atoms with Crippen molar-refractivity contribution in [3.05, 3.63) is 29.8 Å². The first kappa shape index (κ1) is 20.2. The lowest BCUT2D eigenvalue weighted by Crippen LogP contribution is -2.50. The van der Waals surface area contributed by atoms with Crippen LogP contribution in [0.1, 0.15) is 19.4 Å². The molecule has 1 aromatic rings. The second kappa shape index (κ2) is 10.1. The number of hydrogen-bond acceptors (Lipinski definition) is 5. The van der Waals surface area contributed by atoms with Gasteiger partial charge in [-0.05, 0) is 23.6 Å². The summed E-state index contributed by atoms with van der Waals surface area (Å²) in [7, 11) is 0. The van der Waals surface area contributed by atoms with Crippen molar-refractivity contribution in [2.75, 3.05) is 45.9 Å². The number of nitrogens with two attached hydrogens (primary N) is 1. The van der Waals surface area contributed by atoms with Crippen LogP contribution in [0.25, 0.3) is 0 Å². The third-order valence-corrected chi connectivity index (χ3v) is 4.25. The van der Waals surface area contributed by atoms with E-state index in [0.29, 0.717) is 24.8 Å². The zero-order chi connectivity index (χ0) is 18.9. The Hall–Kier alpha value is -2.12. The molecular formula is C19H30N4O3. The summed E-state index contributed by atoms with van der Waals surface area (Å²) in [6.07, 6.45) is 0. The van der Waals surface area contributed by atoms with Gasteiger partial charge in [-0.15, -0.1) is 0 Å². The van der Waals surface area contributed by atoms with Gasteiger partial charge in [-0.25, -0.2) is 0 Å². The van der Waals surface area contributed by atoms with Gasteiger partial charge in [0.1, 0.15) is 5.75 Å². The smallest absolute Gasteiger partial charge is 0.255 e. The average Bonchev–Trinajstić information content (AvgIpc) is 2.60. The minimum absolute atomic E-state index is 0.0383. The maximum Gasteiger partial charge on any atom is 0.255 e. The van der Waals surface area contributed by atoms with E-state index in [9.17, 15) is 9.59 Å². The highest BCUT2D eigenvalue weighted by Gasteiger charge is 2.19. The number of carbonyl (C=O) groups is 2. The summed E-state index contributed by atoms with van der Waals surface area (Å²) in [6, 6.07) is 7.25. The summed E-state index contributed by atoms with van der Waals surface area (Å²) in [5.41, 5.74) is 6.02. The van der Waals surface area contributed by atoms with E-state index in [1.807, 2.05) is 12.1 Å². The number of rotatable bonds is 9. The molecule has 0 aliphatic carbocycles. The molecule has 1 fully saturated rings. The van der Waals surface area contributed by atoms with Gasteiger partial charge in [0.05, 0.1) is 6.54 Å². The normalized spacial score (nSPS) is 15.8. The molecule has 0 aromatic heterocycles. The van der Waals surface area contributed by atoms with Gasteiger partial charge in [0.15, 0.2) is 6.61 Å². The lowest BCUT2D eigenvalue weighted by molar-refractivity contribution is -0.123. The minimum atomic E-state index is -0.508. The molecule has 2 amide bonds. The van der Waals surface area contributed by atoms with Gasteiger partial charge >= 0.3 is 0 Å². The summed E-state index contributed by atoms with van der Waals surface area (Å²) in [5.74, 6) is 0.790. The fraction of sp³-hybridized carbons (Fsp3) is 0.579. The first-order chi connectivity index (χ1) is 12.4. The van der Waals surface area contributed by atoms with E-state index in [4.69, 9.17) is 10.5 Å². The topological polar surface area (TPSA) is 87.9 Å². The van der Waals surface area contributed by atoms with Crippen LogP contribution >= 0.6 is 0 Å². The molecule has 1 aliphatic rings. The molecule has 26 heavy (non-hydrogen) atoms. The van der Waals surface area contributed by atoms with Crippen LogP contribution in [0.3, 0.4) is 0 Å². The fourth-order valence-electron chi connectivity index (χ4n) is 2.96. The second-order valence-electron chi connectivity index (χ2n) is 7.15. The third kappa shape index (κ3) is 7.41. The predicted molar refractivity (Wildman–Crippen MR) is 101 cm³/mol. The second-order valence-corrected chi connectivity index (χ2v) is 7.15. The summed E-state index contributed by atoms with van der Waals surface area (Å²) in [5, 5.41) is 2.95. The highest BCUT2D eigenvalue weighted by Crippen LogP contribution is 2.12. The van der Waals surface area contributed by atoms with Crippen LogP contribution in [-0.2, 0) is 16.1 Å². The van der Waals surface area contributed by atoms with Crippen molar-refractivity contribution in [2.45, 2.75) is 20.4 Å². The van der Waals surface area contributed by atoms with E-state index in [2.05, 4.69) is 29.0 Å². The molecule has 0 atom stereocenters. The first-order valence-corrected chi connectivity index (χ1v) is 9.14. The van der Waals surface area contributed by atoms with Gasteiger partial charge in [0, 0.05) is 39.3 Å². The number of carbonyl (C=O) groups excluding carboxylic acids is 2. The SMILES string of the molecule is CC(C)CN1CCN(CC(=O)NCc2ccc(OCC(N)=O)cc2)CC1. The summed E-state index contributed by atoms with van der Waals surface area (Å²) in [6.45, 7) is 10.3. The van der Waals surface area contributed by atoms with E-state index in [1.165, 1.54) is 0 Å². The van der Waals surface area contributed by atoms with Crippen molar-refractivity contribution in [1.29, 1.82) is 0 Å². The monoisotopic (exact) mass is 362 g/mol.